The van der Waals surface area contributed by atoms with Crippen molar-refractivity contribution in [1.82, 2.24) is 15.3 Å². The Morgan fingerprint density at radius 2 is 1.93 bits per heavy atom. The van der Waals surface area contributed by atoms with Crippen molar-refractivity contribution in [3.63, 3.8) is 0 Å². The van der Waals surface area contributed by atoms with Crippen LogP contribution in [0.2, 0.25) is 5.02 Å². The van der Waals surface area contributed by atoms with Crippen LogP contribution in [0.15, 0.2) is 48.3 Å². The molecule has 0 radical (unpaired) electrons. The van der Waals surface area contributed by atoms with E-state index in [0.717, 1.165) is 41.7 Å². The number of urea groups is 1. The van der Waals surface area contributed by atoms with Gasteiger partial charge in [-0.2, -0.15) is 13.2 Å². The second-order valence-corrected chi connectivity index (χ2v) is 6.88. The number of hydrogen-bond acceptors (Lipinski definition) is 4. The number of aromatic nitrogens is 2. The molecule has 1 aromatic carbocycles. The number of carbonyl (C=O) groups excluding carboxylic acids is 1. The van der Waals surface area contributed by atoms with Crippen LogP contribution >= 0.6 is 11.6 Å². The Kier molecular flexibility index (Phi) is 6.61. The van der Waals surface area contributed by atoms with Crippen LogP contribution in [0, 0.1) is 0 Å². The van der Waals surface area contributed by atoms with Gasteiger partial charge < -0.3 is 15.4 Å². The van der Waals surface area contributed by atoms with Gasteiger partial charge in [-0.15, -0.1) is 0 Å². The van der Waals surface area contributed by atoms with E-state index in [1.54, 1.807) is 12.4 Å². The van der Waals surface area contributed by atoms with Gasteiger partial charge in [0.05, 0.1) is 17.7 Å². The van der Waals surface area contributed by atoms with E-state index in [-0.39, 0.29) is 12.2 Å². The smallest absolute Gasteiger partial charge is 0.417 e. The monoisotopic (exact) mass is 438 g/mol. The number of nitrogens with one attached hydrogen (secondary N) is 2. The van der Waals surface area contributed by atoms with E-state index < -0.39 is 22.8 Å². The molecule has 2 N–H and O–H groups in total. The van der Waals surface area contributed by atoms with Gasteiger partial charge in [-0.25, -0.2) is 14.8 Å². The molecule has 0 saturated carbocycles. The summed E-state index contributed by atoms with van der Waals surface area (Å²) in [6.45, 7) is 0.272. The maximum absolute atomic E-state index is 12.9. The Labute approximate surface area is 175 Å². The molecule has 0 atom stereocenters. The number of alkyl halides is 3. The van der Waals surface area contributed by atoms with Crippen molar-refractivity contribution in [2.45, 2.75) is 19.0 Å². The quantitative estimate of drug-likeness (QED) is 0.682. The largest absolute Gasteiger partial charge is 0.467 e. The molecule has 30 heavy (non-hydrogen) atoms. The van der Waals surface area contributed by atoms with Crippen molar-refractivity contribution in [3.8, 4) is 6.01 Å². The summed E-state index contributed by atoms with van der Waals surface area (Å²) in [7, 11) is 1.50. The summed E-state index contributed by atoms with van der Waals surface area (Å²) in [6, 6.07) is 2.89. The first-order valence-corrected chi connectivity index (χ1v) is 9.30. The van der Waals surface area contributed by atoms with E-state index in [0.29, 0.717) is 6.01 Å². The first kappa shape index (κ1) is 21.6. The number of amides is 2. The van der Waals surface area contributed by atoms with E-state index in [1.807, 2.05) is 12.2 Å². The van der Waals surface area contributed by atoms with Gasteiger partial charge in [-0.05, 0) is 36.6 Å². The predicted octanol–water partition coefficient (Wildman–Crippen LogP) is 5.08. The molecule has 2 amide bonds. The molecule has 0 fully saturated rings. The number of ether oxygens (including phenoxy) is 1. The third-order valence-electron chi connectivity index (χ3n) is 4.42. The van der Waals surface area contributed by atoms with Gasteiger partial charge in [0.15, 0.2) is 0 Å². The fourth-order valence-corrected chi connectivity index (χ4v) is 3.07. The zero-order valence-corrected chi connectivity index (χ0v) is 16.6. The van der Waals surface area contributed by atoms with Gasteiger partial charge in [0.25, 0.3) is 0 Å². The van der Waals surface area contributed by atoms with Crippen molar-refractivity contribution >= 4 is 28.9 Å². The molecule has 10 heteroatoms. The molecule has 6 nitrogen and oxygen atoms in total. The molecular formula is C20H18ClF3N4O2. The fraction of sp³-hybridized carbons (Fsp3) is 0.250. The second-order valence-electron chi connectivity index (χ2n) is 6.48. The van der Waals surface area contributed by atoms with E-state index >= 15 is 0 Å². The third-order valence-corrected chi connectivity index (χ3v) is 4.75. The molecule has 1 aliphatic rings. The topological polar surface area (TPSA) is 76.1 Å². The van der Waals surface area contributed by atoms with Crippen LogP contribution in [-0.4, -0.2) is 29.7 Å². The number of nitrogens with zero attached hydrogens (tertiary/aromatic N) is 2. The maximum atomic E-state index is 12.9. The molecule has 158 valence electrons. The van der Waals surface area contributed by atoms with Crippen molar-refractivity contribution in [2.24, 2.45) is 0 Å². The molecule has 0 spiro atoms. The Bertz CT molecular complexity index is 989. The SMILES string of the molecule is COc1ncc(C2=CC=C(CNC(=O)Nc3ccc(Cl)c(C(F)(F)F)c3)CC2)cn1. The molecule has 1 aromatic heterocycles. The maximum Gasteiger partial charge on any atom is 0.417 e. The minimum absolute atomic E-state index is 0.00327. The highest BCUT2D eigenvalue weighted by Crippen LogP contribution is 2.36. The average Bonchev–Trinajstić information content (AvgIpc) is 2.73. The molecule has 2 aromatic rings. The van der Waals surface area contributed by atoms with Gasteiger partial charge in [0, 0.05) is 30.2 Å². The van der Waals surface area contributed by atoms with Crippen molar-refractivity contribution in [1.29, 1.82) is 0 Å². The molecule has 3 rings (SSSR count). The number of carbonyl (C=O) groups is 1. The van der Waals surface area contributed by atoms with Crippen LogP contribution in [0.25, 0.3) is 5.57 Å². The third kappa shape index (κ3) is 5.50. The van der Waals surface area contributed by atoms with Gasteiger partial charge in [-0.1, -0.05) is 29.3 Å². The average molecular weight is 439 g/mol. The molecule has 0 bridgehead atoms. The highest BCUT2D eigenvalue weighted by atomic mass is 35.5. The molecule has 0 aliphatic heterocycles. The Balaban J connectivity index is 1.56. The summed E-state index contributed by atoms with van der Waals surface area (Å²) >= 11 is 5.58. The minimum Gasteiger partial charge on any atom is -0.467 e. The van der Waals surface area contributed by atoms with E-state index in [4.69, 9.17) is 16.3 Å². The van der Waals surface area contributed by atoms with Crippen LogP contribution in [0.5, 0.6) is 6.01 Å². The second kappa shape index (κ2) is 9.17. The van der Waals surface area contributed by atoms with Crippen molar-refractivity contribution < 1.29 is 22.7 Å². The molecule has 1 heterocycles. The van der Waals surface area contributed by atoms with Gasteiger partial charge >= 0.3 is 18.2 Å². The van der Waals surface area contributed by atoms with Gasteiger partial charge in [0.2, 0.25) is 0 Å². The molecular weight excluding hydrogens is 421 g/mol. The van der Waals surface area contributed by atoms with Crippen molar-refractivity contribution in [3.05, 3.63) is 64.5 Å². The number of anilines is 1. The number of allylic oxidation sites excluding steroid dienone is 3. The summed E-state index contributed by atoms with van der Waals surface area (Å²) in [6.07, 6.45) is 4.06. The van der Waals surface area contributed by atoms with Gasteiger partial charge in [0.1, 0.15) is 0 Å². The number of halogens is 4. The Morgan fingerprint density at radius 3 is 2.53 bits per heavy atom. The summed E-state index contributed by atoms with van der Waals surface area (Å²) in [5, 5.41) is 4.60. The summed E-state index contributed by atoms with van der Waals surface area (Å²) in [5.41, 5.74) is 1.93. The first-order valence-electron chi connectivity index (χ1n) is 8.93. The van der Waals surface area contributed by atoms with Crippen molar-refractivity contribution in [2.75, 3.05) is 19.0 Å². The normalized spacial score (nSPS) is 13.9. The summed E-state index contributed by atoms with van der Waals surface area (Å²) < 4.78 is 43.7. The van der Waals surface area contributed by atoms with E-state index in [1.165, 1.54) is 13.2 Å². The number of rotatable bonds is 5. The van der Waals surface area contributed by atoms with Crippen LogP contribution in [-0.2, 0) is 6.18 Å². The zero-order chi connectivity index (χ0) is 21.7. The highest BCUT2D eigenvalue weighted by Gasteiger charge is 2.33. The standard InChI is InChI=1S/C20H18ClF3N4O2/c1-30-19-26-10-14(11-27-19)13-4-2-12(3-5-13)9-25-18(29)28-15-6-7-17(21)16(8-15)20(22,23)24/h2,4,6-8,10-11H,3,5,9H2,1H3,(H2,25,28,29). The molecule has 0 saturated heterocycles. The summed E-state index contributed by atoms with van der Waals surface area (Å²) in [5.74, 6) is 0. The Hall–Kier alpha value is -3.07. The number of benzene rings is 1. The lowest BCUT2D eigenvalue weighted by Crippen LogP contribution is -2.30. The number of hydrogen-bond donors (Lipinski definition) is 2. The fourth-order valence-electron chi connectivity index (χ4n) is 2.85. The lowest BCUT2D eigenvalue weighted by molar-refractivity contribution is -0.137. The van der Waals surface area contributed by atoms with E-state index in [9.17, 15) is 18.0 Å². The molecule has 1 aliphatic carbocycles. The summed E-state index contributed by atoms with van der Waals surface area (Å²) in [4.78, 5) is 20.2. The van der Waals surface area contributed by atoms with Crippen LogP contribution < -0.4 is 15.4 Å². The van der Waals surface area contributed by atoms with Crippen LogP contribution in [0.4, 0.5) is 23.7 Å². The number of methoxy groups -OCH3 is 1. The highest BCUT2D eigenvalue weighted by molar-refractivity contribution is 6.31. The first-order chi connectivity index (χ1) is 14.3. The van der Waals surface area contributed by atoms with Crippen LogP contribution in [0.3, 0.4) is 0 Å². The van der Waals surface area contributed by atoms with Gasteiger partial charge in [-0.3, -0.25) is 0 Å². The van der Waals surface area contributed by atoms with Crippen LogP contribution in [0.1, 0.15) is 24.0 Å². The molecule has 0 unspecified atom stereocenters. The van der Waals surface area contributed by atoms with E-state index in [2.05, 4.69) is 20.6 Å². The lowest BCUT2D eigenvalue weighted by atomic mass is 9.95. The zero-order valence-electron chi connectivity index (χ0n) is 15.9. The minimum atomic E-state index is -4.60. The predicted molar refractivity (Wildman–Crippen MR) is 107 cm³/mol. The Morgan fingerprint density at radius 1 is 1.20 bits per heavy atom. The lowest BCUT2D eigenvalue weighted by Gasteiger charge is -2.16.